The van der Waals surface area contributed by atoms with Crippen LogP contribution in [0.2, 0.25) is 0 Å². The molecule has 6 nitrogen and oxygen atoms in total. The lowest BCUT2D eigenvalue weighted by Crippen LogP contribution is -2.50. The minimum atomic E-state index is -6.64. The van der Waals surface area contributed by atoms with Crippen molar-refractivity contribution < 1.29 is 85.4 Å². The number of ether oxygens (including phenoxy) is 1. The van der Waals surface area contributed by atoms with E-state index in [-0.39, 0.29) is 52.3 Å². The van der Waals surface area contributed by atoms with E-state index in [4.69, 9.17) is 4.74 Å². The van der Waals surface area contributed by atoms with Crippen LogP contribution in [0.3, 0.4) is 0 Å². The quantitative estimate of drug-likeness (QED) is 0.156. The van der Waals surface area contributed by atoms with Crippen molar-refractivity contribution in [3.8, 4) is 11.1 Å². The van der Waals surface area contributed by atoms with Gasteiger partial charge in [0, 0.05) is 24.0 Å². The molecule has 0 bridgehead atoms. The van der Waals surface area contributed by atoms with Crippen LogP contribution in [0.4, 0.5) is 66.3 Å². The number of nitrogens with zero attached hydrogens (tertiary/aromatic N) is 1. The van der Waals surface area contributed by atoms with E-state index in [0.717, 1.165) is 36.4 Å². The monoisotopic (exact) mass is 711 g/mol. The lowest BCUT2D eigenvalue weighted by Gasteiger charge is -2.25. The number of carbonyl (C=O) groups excluding carboxylic acids is 3. The number of allylic oxidation sites excluding steroid dienone is 2. The van der Waals surface area contributed by atoms with Crippen LogP contribution in [0.5, 0.6) is 0 Å². The summed E-state index contributed by atoms with van der Waals surface area (Å²) >= 11 is 0. The zero-order chi connectivity index (χ0) is 36.3. The smallest absolute Gasteiger partial charge is 0.420 e. The van der Waals surface area contributed by atoms with Crippen molar-refractivity contribution >= 4 is 30.1 Å². The molecule has 1 fully saturated rings. The maximum Gasteiger partial charge on any atom is 0.534 e. The highest BCUT2D eigenvalue weighted by Gasteiger charge is 2.72. The van der Waals surface area contributed by atoms with Gasteiger partial charge in [0.05, 0.1) is 0 Å². The molecule has 0 atom stereocenters. The molecule has 260 valence electrons. The molecule has 4 rings (SSSR count). The fourth-order valence-electron chi connectivity index (χ4n) is 4.43. The van der Waals surface area contributed by atoms with Crippen LogP contribution in [0.15, 0.2) is 48.6 Å². The number of amides is 2. The van der Waals surface area contributed by atoms with Crippen molar-refractivity contribution in [2.24, 2.45) is 0 Å². The zero-order valence-electron chi connectivity index (χ0n) is 23.0. The van der Waals surface area contributed by atoms with Crippen LogP contribution in [0.25, 0.3) is 23.3 Å². The summed E-state index contributed by atoms with van der Waals surface area (Å²) in [5.74, 6) is -26.4. The van der Waals surface area contributed by atoms with Crippen LogP contribution in [-0.4, -0.2) is 59.1 Å². The molecule has 2 aromatic carbocycles. The number of hydroxylamine groups is 2. The fraction of sp³-hybridized carbons (Fsp3) is 0.321. The van der Waals surface area contributed by atoms with Gasteiger partial charge in [0.25, 0.3) is 11.8 Å². The molecule has 2 amide bonds. The summed E-state index contributed by atoms with van der Waals surface area (Å²) in [4.78, 5) is 40.7. The van der Waals surface area contributed by atoms with Gasteiger partial charge in [-0.3, -0.25) is 14.4 Å². The highest BCUT2D eigenvalue weighted by molar-refractivity contribution is 6.01. The first-order chi connectivity index (χ1) is 21.8. The molecule has 2 aromatic rings. The van der Waals surface area contributed by atoms with Crippen molar-refractivity contribution in [3.05, 3.63) is 70.8 Å². The third-order valence-corrected chi connectivity index (χ3v) is 6.91. The normalized spacial score (nSPS) is 16.7. The van der Waals surface area contributed by atoms with Crippen LogP contribution < -0.4 is 0 Å². The van der Waals surface area contributed by atoms with E-state index in [2.05, 4.69) is 4.84 Å². The Morgan fingerprint density at radius 1 is 0.646 bits per heavy atom. The van der Waals surface area contributed by atoms with E-state index < -0.39 is 83.4 Å². The molecule has 2 aliphatic rings. The standard InChI is InChI=1S/C28H15F14NO5/c29-23(30,25(33,34)27(37,38)39)9-7-13-1-3-15-16-4-2-14(8-10-24(31,32)26(35,36)28(40,41)42)12-18(16)21(17(15)11-13)47-22(46)48-43-19(44)5-6-20(43)45/h1-4,7-12,21H,5-6H2/b9-7+,10-8+. The number of imide groups is 1. The van der Waals surface area contributed by atoms with Crippen LogP contribution in [-0.2, 0) is 19.2 Å². The molecule has 0 N–H and O–H groups in total. The molecule has 1 aliphatic carbocycles. The Hall–Kier alpha value is -4.65. The van der Waals surface area contributed by atoms with Gasteiger partial charge in [-0.2, -0.15) is 61.5 Å². The highest BCUT2D eigenvalue weighted by Crippen LogP contribution is 2.50. The Kier molecular flexibility index (Phi) is 8.89. The SMILES string of the molecule is O=C(OC1c2cc(/C=C/C(F)(F)C(F)(F)C(F)(F)F)ccc2-c2ccc(/C=C/C(F)(F)C(F)(F)C(F)(F)F)cc21)ON1C(=O)CCC1=O. The summed E-state index contributed by atoms with van der Waals surface area (Å²) in [6.45, 7) is 0. The Balaban J connectivity index is 1.73. The average Bonchev–Trinajstić information content (AvgIpc) is 3.44. The van der Waals surface area contributed by atoms with Crippen LogP contribution >= 0.6 is 0 Å². The topological polar surface area (TPSA) is 72.9 Å². The summed E-state index contributed by atoms with van der Waals surface area (Å²) in [7, 11) is 0. The number of halogens is 14. The Morgan fingerprint density at radius 3 is 1.38 bits per heavy atom. The first-order valence-electron chi connectivity index (χ1n) is 12.9. The molecular formula is C28H15F14NO5. The molecule has 48 heavy (non-hydrogen) atoms. The van der Waals surface area contributed by atoms with Gasteiger partial charge in [0.15, 0.2) is 6.10 Å². The summed E-state index contributed by atoms with van der Waals surface area (Å²) < 4.78 is 189. The van der Waals surface area contributed by atoms with E-state index >= 15 is 0 Å². The molecule has 1 heterocycles. The third-order valence-electron chi connectivity index (χ3n) is 6.91. The lowest BCUT2D eigenvalue weighted by molar-refractivity contribution is -0.341. The van der Waals surface area contributed by atoms with E-state index in [0.29, 0.717) is 0 Å². The number of fused-ring (bicyclic) bond motifs is 3. The fourth-order valence-corrected chi connectivity index (χ4v) is 4.43. The van der Waals surface area contributed by atoms with Gasteiger partial charge in [-0.1, -0.05) is 41.5 Å². The van der Waals surface area contributed by atoms with E-state index in [1.807, 2.05) is 0 Å². The van der Waals surface area contributed by atoms with Crippen LogP contribution in [0.1, 0.15) is 41.2 Å². The van der Waals surface area contributed by atoms with Crippen molar-refractivity contribution in [2.45, 2.75) is 55.0 Å². The molecule has 0 radical (unpaired) electrons. The molecule has 1 aliphatic heterocycles. The Bertz CT molecular complexity index is 1580. The molecule has 1 saturated heterocycles. The zero-order valence-corrected chi connectivity index (χ0v) is 23.0. The van der Waals surface area contributed by atoms with Gasteiger partial charge in [-0.05, 0) is 46.5 Å². The molecule has 20 heteroatoms. The van der Waals surface area contributed by atoms with Gasteiger partial charge >= 0.3 is 42.2 Å². The first-order valence-corrected chi connectivity index (χ1v) is 12.9. The minimum absolute atomic E-state index is 0.0310. The van der Waals surface area contributed by atoms with E-state index in [1.165, 1.54) is 0 Å². The second-order valence-electron chi connectivity index (χ2n) is 10.2. The number of hydrogen-bond donors (Lipinski definition) is 0. The van der Waals surface area contributed by atoms with Gasteiger partial charge in [-0.15, -0.1) is 0 Å². The highest BCUT2D eigenvalue weighted by atomic mass is 19.4. The summed E-state index contributed by atoms with van der Waals surface area (Å²) in [5.41, 5.74) is -1.40. The molecule has 0 unspecified atom stereocenters. The third kappa shape index (κ3) is 6.43. The summed E-state index contributed by atoms with van der Waals surface area (Å²) in [6, 6.07) is 5.73. The number of alkyl halides is 14. The predicted molar refractivity (Wildman–Crippen MR) is 132 cm³/mol. The Labute approximate surface area is 258 Å². The van der Waals surface area contributed by atoms with Gasteiger partial charge in [-0.25, -0.2) is 4.79 Å². The minimum Gasteiger partial charge on any atom is -0.420 e. The molecule has 0 spiro atoms. The summed E-state index contributed by atoms with van der Waals surface area (Å²) in [5, 5.41) is 0.0310. The maximum absolute atomic E-state index is 13.8. The Morgan fingerprint density at radius 2 is 1.02 bits per heavy atom. The number of rotatable bonds is 8. The molecule has 0 saturated carbocycles. The summed E-state index contributed by atoms with van der Waals surface area (Å²) in [6.07, 6.45) is -18.8. The van der Waals surface area contributed by atoms with E-state index in [9.17, 15) is 75.8 Å². The maximum atomic E-state index is 13.8. The van der Waals surface area contributed by atoms with E-state index in [1.54, 1.807) is 0 Å². The predicted octanol–water partition coefficient (Wildman–Crippen LogP) is 8.67. The van der Waals surface area contributed by atoms with Gasteiger partial charge in [0.2, 0.25) is 0 Å². The van der Waals surface area contributed by atoms with Crippen molar-refractivity contribution in [2.75, 3.05) is 0 Å². The van der Waals surface area contributed by atoms with Gasteiger partial charge < -0.3 is 4.74 Å². The molecular weight excluding hydrogens is 696 g/mol. The lowest BCUT2D eigenvalue weighted by atomic mass is 10.0. The number of hydrogen-bond acceptors (Lipinski definition) is 5. The number of benzene rings is 2. The van der Waals surface area contributed by atoms with Crippen LogP contribution in [0, 0.1) is 0 Å². The van der Waals surface area contributed by atoms with Crippen molar-refractivity contribution in [1.29, 1.82) is 0 Å². The largest absolute Gasteiger partial charge is 0.534 e. The molecule has 0 aromatic heterocycles. The second kappa shape index (κ2) is 11.8. The van der Waals surface area contributed by atoms with Crippen molar-refractivity contribution in [3.63, 3.8) is 0 Å². The average molecular weight is 711 g/mol. The second-order valence-corrected chi connectivity index (χ2v) is 10.2. The first kappa shape index (κ1) is 36.2. The number of carbonyl (C=O) groups is 3. The van der Waals surface area contributed by atoms with Gasteiger partial charge in [0.1, 0.15) is 0 Å². The van der Waals surface area contributed by atoms with Crippen molar-refractivity contribution in [1.82, 2.24) is 5.06 Å².